The Balaban J connectivity index is 1.72. The van der Waals surface area contributed by atoms with Crippen LogP contribution in [0.3, 0.4) is 0 Å². The molecule has 4 heterocycles. The molecule has 2 aliphatic rings. The summed E-state index contributed by atoms with van der Waals surface area (Å²) in [5.74, 6) is 0.564. The van der Waals surface area contributed by atoms with Crippen molar-refractivity contribution in [3.63, 3.8) is 0 Å². The van der Waals surface area contributed by atoms with Gasteiger partial charge in [0, 0.05) is 53.6 Å². The molecular weight excluding hydrogens is 322 g/mol. The van der Waals surface area contributed by atoms with Gasteiger partial charge in [0.05, 0.1) is 6.04 Å². The Labute approximate surface area is 154 Å². The monoisotopic (exact) mass is 347 g/mol. The van der Waals surface area contributed by atoms with Crippen molar-refractivity contribution in [1.29, 1.82) is 0 Å². The van der Waals surface area contributed by atoms with E-state index in [1.165, 1.54) is 27.7 Å². The molecule has 0 bridgehead atoms. The fourth-order valence-corrected chi connectivity index (χ4v) is 5.08. The van der Waals surface area contributed by atoms with Crippen molar-refractivity contribution in [3.8, 4) is 0 Å². The number of hydrogen-bond acceptors (Lipinski definition) is 3. The second-order valence-electron chi connectivity index (χ2n) is 8.02. The summed E-state index contributed by atoms with van der Waals surface area (Å²) in [7, 11) is 2.22. The number of hydrogen-bond donors (Lipinski definition) is 1. The van der Waals surface area contributed by atoms with Crippen molar-refractivity contribution in [3.05, 3.63) is 65.1 Å². The van der Waals surface area contributed by atoms with Crippen LogP contribution in [0.2, 0.25) is 0 Å². The number of fused-ring (bicyclic) bond motifs is 3. The maximum atomic E-state index is 11.2. The number of aliphatic hydroxyl groups excluding tert-OH is 1. The highest BCUT2D eigenvalue weighted by Gasteiger charge is 2.38. The summed E-state index contributed by atoms with van der Waals surface area (Å²) in [5.41, 5.74) is 6.40. The molecule has 1 N–H and O–H groups in total. The first-order valence-electron chi connectivity index (χ1n) is 9.53. The Morgan fingerprint density at radius 1 is 1.23 bits per heavy atom. The smallest absolute Gasteiger partial charge is 0.101 e. The van der Waals surface area contributed by atoms with Gasteiger partial charge in [0.1, 0.15) is 6.10 Å². The average Bonchev–Trinajstić information content (AvgIpc) is 2.97. The second kappa shape index (κ2) is 5.93. The molecule has 0 radical (unpaired) electrons. The summed E-state index contributed by atoms with van der Waals surface area (Å²) < 4.78 is 2.46. The number of benzene rings is 1. The lowest BCUT2D eigenvalue weighted by Gasteiger charge is -2.39. The van der Waals surface area contributed by atoms with Gasteiger partial charge in [-0.1, -0.05) is 17.7 Å². The van der Waals surface area contributed by atoms with Gasteiger partial charge in [-0.15, -0.1) is 0 Å². The standard InChI is InChI=1S/C22H25N3O/c1-14-5-7-19-17(10-14)18-13-24(2)12-16-6-8-20(25(19)21(16)18)22(26)15-4-3-9-23-11-15/h3-5,7,9-11,16,20,22,26H,6,8,12-13H2,1-2H3. The van der Waals surface area contributed by atoms with Crippen LogP contribution >= 0.6 is 0 Å². The Morgan fingerprint density at radius 2 is 2.12 bits per heavy atom. The molecule has 0 spiro atoms. The Hall–Kier alpha value is -2.17. The van der Waals surface area contributed by atoms with Gasteiger partial charge in [0.2, 0.25) is 0 Å². The van der Waals surface area contributed by atoms with Crippen LogP contribution in [0.15, 0.2) is 42.7 Å². The van der Waals surface area contributed by atoms with Gasteiger partial charge in [-0.05, 0) is 50.6 Å². The molecule has 3 atom stereocenters. The third-order valence-electron chi connectivity index (χ3n) is 6.19. The van der Waals surface area contributed by atoms with E-state index >= 15 is 0 Å². The highest BCUT2D eigenvalue weighted by Crippen LogP contribution is 2.47. The molecule has 0 amide bonds. The average molecular weight is 347 g/mol. The molecule has 3 unspecified atom stereocenters. The SMILES string of the molecule is Cc1ccc2c(c1)c1c3n2C(C(O)c2cccnc2)CCC3CN(C)C1. The molecule has 5 rings (SSSR count). The van der Waals surface area contributed by atoms with Crippen LogP contribution in [0.4, 0.5) is 0 Å². The van der Waals surface area contributed by atoms with Crippen molar-refractivity contribution >= 4 is 10.9 Å². The van der Waals surface area contributed by atoms with E-state index in [9.17, 15) is 5.11 Å². The van der Waals surface area contributed by atoms with Gasteiger partial charge in [-0.25, -0.2) is 0 Å². The number of likely N-dealkylation sites (N-methyl/N-ethyl adjacent to an activating group) is 1. The van der Waals surface area contributed by atoms with E-state index in [0.29, 0.717) is 5.92 Å². The van der Waals surface area contributed by atoms with E-state index in [4.69, 9.17) is 0 Å². The normalized spacial score (nSPS) is 23.8. The zero-order chi connectivity index (χ0) is 17.8. The lowest BCUT2D eigenvalue weighted by molar-refractivity contribution is 0.0921. The molecule has 2 aromatic heterocycles. The van der Waals surface area contributed by atoms with E-state index in [0.717, 1.165) is 31.5 Å². The summed E-state index contributed by atoms with van der Waals surface area (Å²) in [4.78, 5) is 6.65. The third-order valence-corrected chi connectivity index (χ3v) is 6.19. The summed E-state index contributed by atoms with van der Waals surface area (Å²) in [5, 5.41) is 12.5. The number of aliphatic hydroxyl groups is 1. The summed E-state index contributed by atoms with van der Waals surface area (Å²) in [6, 6.07) is 10.7. The Morgan fingerprint density at radius 3 is 2.92 bits per heavy atom. The van der Waals surface area contributed by atoms with Crippen LogP contribution in [0.1, 0.15) is 53.3 Å². The summed E-state index contributed by atoms with van der Waals surface area (Å²) >= 11 is 0. The van der Waals surface area contributed by atoms with E-state index in [1.54, 1.807) is 12.4 Å². The molecule has 0 fully saturated rings. The van der Waals surface area contributed by atoms with Gasteiger partial charge in [-0.2, -0.15) is 0 Å². The van der Waals surface area contributed by atoms with E-state index in [2.05, 4.69) is 46.6 Å². The molecular formula is C22H25N3O. The molecule has 0 saturated carbocycles. The minimum atomic E-state index is -0.523. The van der Waals surface area contributed by atoms with Crippen LogP contribution in [0.5, 0.6) is 0 Å². The Kier molecular flexibility index (Phi) is 3.66. The van der Waals surface area contributed by atoms with Gasteiger partial charge in [0.15, 0.2) is 0 Å². The summed E-state index contributed by atoms with van der Waals surface area (Å²) in [6.45, 7) is 4.27. The minimum Gasteiger partial charge on any atom is -0.386 e. The van der Waals surface area contributed by atoms with Crippen LogP contribution in [-0.2, 0) is 6.54 Å². The van der Waals surface area contributed by atoms with Crippen molar-refractivity contribution in [1.82, 2.24) is 14.5 Å². The van der Waals surface area contributed by atoms with Crippen LogP contribution in [-0.4, -0.2) is 33.1 Å². The molecule has 26 heavy (non-hydrogen) atoms. The largest absolute Gasteiger partial charge is 0.386 e. The quantitative estimate of drug-likeness (QED) is 0.763. The number of aromatic nitrogens is 2. The number of nitrogens with zero attached hydrogens (tertiary/aromatic N) is 3. The fourth-order valence-electron chi connectivity index (χ4n) is 5.08. The molecule has 134 valence electrons. The highest BCUT2D eigenvalue weighted by molar-refractivity contribution is 5.87. The van der Waals surface area contributed by atoms with Crippen LogP contribution < -0.4 is 0 Å². The lowest BCUT2D eigenvalue weighted by atomic mass is 9.84. The van der Waals surface area contributed by atoms with Crippen LogP contribution in [0.25, 0.3) is 10.9 Å². The zero-order valence-electron chi connectivity index (χ0n) is 15.4. The van der Waals surface area contributed by atoms with Gasteiger partial charge in [-0.3, -0.25) is 4.98 Å². The topological polar surface area (TPSA) is 41.3 Å². The van der Waals surface area contributed by atoms with Gasteiger partial charge < -0.3 is 14.6 Å². The second-order valence-corrected chi connectivity index (χ2v) is 8.02. The maximum absolute atomic E-state index is 11.2. The van der Waals surface area contributed by atoms with Crippen LogP contribution in [0, 0.1) is 6.92 Å². The maximum Gasteiger partial charge on any atom is 0.101 e. The first kappa shape index (κ1) is 16.0. The zero-order valence-corrected chi connectivity index (χ0v) is 15.4. The van der Waals surface area contributed by atoms with E-state index < -0.39 is 6.10 Å². The molecule has 4 nitrogen and oxygen atoms in total. The summed E-state index contributed by atoms with van der Waals surface area (Å²) in [6.07, 6.45) is 5.17. The lowest BCUT2D eigenvalue weighted by Crippen LogP contribution is -2.36. The number of rotatable bonds is 2. The van der Waals surface area contributed by atoms with E-state index in [-0.39, 0.29) is 6.04 Å². The molecule has 0 aliphatic carbocycles. The minimum absolute atomic E-state index is 0.0767. The van der Waals surface area contributed by atoms with Gasteiger partial charge in [0.25, 0.3) is 0 Å². The third kappa shape index (κ3) is 2.32. The molecule has 0 saturated heterocycles. The highest BCUT2D eigenvalue weighted by atomic mass is 16.3. The van der Waals surface area contributed by atoms with Gasteiger partial charge >= 0.3 is 0 Å². The predicted octanol–water partition coefficient (Wildman–Crippen LogP) is 3.94. The number of aryl methyl sites for hydroxylation is 1. The molecule has 4 heteroatoms. The molecule has 2 aliphatic heterocycles. The Bertz CT molecular complexity index is 962. The van der Waals surface area contributed by atoms with Crippen molar-refractivity contribution < 1.29 is 5.11 Å². The molecule has 3 aromatic rings. The predicted molar refractivity (Wildman–Crippen MR) is 103 cm³/mol. The van der Waals surface area contributed by atoms with Crippen molar-refractivity contribution in [2.24, 2.45) is 0 Å². The first-order chi connectivity index (χ1) is 12.6. The fraction of sp³-hybridized carbons (Fsp3) is 0.409. The van der Waals surface area contributed by atoms with Crippen molar-refractivity contribution in [2.45, 2.75) is 44.4 Å². The molecule has 1 aromatic carbocycles. The van der Waals surface area contributed by atoms with Crippen molar-refractivity contribution in [2.75, 3.05) is 13.6 Å². The first-order valence-corrected chi connectivity index (χ1v) is 9.53. The number of pyridine rings is 1. The van der Waals surface area contributed by atoms with E-state index in [1.807, 2.05) is 12.1 Å².